The number of esters is 1. The van der Waals surface area contributed by atoms with E-state index in [1.54, 1.807) is 38.8 Å². The Bertz CT molecular complexity index is 657. The molecule has 0 radical (unpaired) electrons. The van der Waals surface area contributed by atoms with Crippen LogP contribution in [0, 0.1) is 11.8 Å². The van der Waals surface area contributed by atoms with Gasteiger partial charge in [0, 0.05) is 12.6 Å². The summed E-state index contributed by atoms with van der Waals surface area (Å²) in [4.78, 5) is 42.3. The predicted molar refractivity (Wildman–Crippen MR) is 123 cm³/mol. The van der Waals surface area contributed by atoms with Crippen molar-refractivity contribution in [3.05, 3.63) is 11.6 Å². The minimum Gasteiger partial charge on any atom is -0.460 e. The van der Waals surface area contributed by atoms with Gasteiger partial charge in [-0.1, -0.05) is 40.2 Å². The number of ether oxygens (including phenoxy) is 1. The van der Waals surface area contributed by atoms with Crippen LogP contribution in [0.5, 0.6) is 0 Å². The zero-order chi connectivity index (χ0) is 23.9. The molecule has 2 amide bonds. The lowest BCUT2D eigenvalue weighted by atomic mass is 9.96. The Balaban J connectivity index is 3.01. The van der Waals surface area contributed by atoms with E-state index in [0.29, 0.717) is 5.57 Å². The third-order valence-corrected chi connectivity index (χ3v) is 5.87. The number of nitrogens with one attached hydrogen (secondary N) is 1. The summed E-state index contributed by atoms with van der Waals surface area (Å²) in [5.74, 6) is -0.589. The predicted octanol–water partition coefficient (Wildman–Crippen LogP) is 2.99. The van der Waals surface area contributed by atoms with Crippen LogP contribution >= 0.6 is 0 Å². The summed E-state index contributed by atoms with van der Waals surface area (Å²) in [6.07, 6.45) is 4.52. The van der Waals surface area contributed by atoms with E-state index in [1.165, 1.54) is 0 Å². The van der Waals surface area contributed by atoms with Gasteiger partial charge in [0.2, 0.25) is 11.8 Å². The van der Waals surface area contributed by atoms with Crippen LogP contribution < -0.4 is 5.32 Å². The smallest absolute Gasteiger partial charge is 0.333 e. The van der Waals surface area contributed by atoms with Gasteiger partial charge in [-0.15, -0.1) is 0 Å². The summed E-state index contributed by atoms with van der Waals surface area (Å²) >= 11 is 0. The number of likely N-dealkylation sites (tertiary alicyclic amines) is 1. The molecule has 1 heterocycles. The standard InChI is InChI=1S/C24H43N3O4/c1-15(2)20(14-18(7)24(30)31-17(5)6)27(9)23(29)21(16(3)4)25-22(28)19-12-10-11-13-26(19)8/h14-17,19-21H,10-13H2,1-9H3,(H,25,28)/t19?,20-,21+/m1/s1. The molecule has 1 unspecified atom stereocenters. The van der Waals surface area contributed by atoms with Gasteiger partial charge in [-0.25, -0.2) is 4.79 Å². The van der Waals surface area contributed by atoms with Crippen molar-refractivity contribution in [2.75, 3.05) is 20.6 Å². The van der Waals surface area contributed by atoms with Gasteiger partial charge < -0.3 is 15.0 Å². The minimum atomic E-state index is -0.620. The topological polar surface area (TPSA) is 79.0 Å². The molecule has 0 aromatic carbocycles. The molecule has 1 rings (SSSR count). The fraction of sp³-hybridized carbons (Fsp3) is 0.792. The van der Waals surface area contributed by atoms with E-state index < -0.39 is 6.04 Å². The first-order valence-corrected chi connectivity index (χ1v) is 11.5. The number of hydrogen-bond donors (Lipinski definition) is 1. The fourth-order valence-corrected chi connectivity index (χ4v) is 3.92. The molecule has 1 N–H and O–H groups in total. The van der Waals surface area contributed by atoms with Crippen LogP contribution in [-0.2, 0) is 19.1 Å². The van der Waals surface area contributed by atoms with Crippen molar-refractivity contribution in [1.82, 2.24) is 15.1 Å². The van der Waals surface area contributed by atoms with Crippen LogP contribution in [0.3, 0.4) is 0 Å². The highest BCUT2D eigenvalue weighted by atomic mass is 16.5. The summed E-state index contributed by atoms with van der Waals surface area (Å²) in [6, 6.07) is -1.10. The van der Waals surface area contributed by atoms with E-state index in [2.05, 4.69) is 10.2 Å². The molecular formula is C24H43N3O4. The maximum absolute atomic E-state index is 13.4. The van der Waals surface area contributed by atoms with Crippen molar-refractivity contribution in [1.29, 1.82) is 0 Å². The van der Waals surface area contributed by atoms with E-state index in [0.717, 1.165) is 25.8 Å². The molecule has 0 aromatic rings. The zero-order valence-corrected chi connectivity index (χ0v) is 20.9. The Morgan fingerprint density at radius 2 is 1.68 bits per heavy atom. The first-order chi connectivity index (χ1) is 14.4. The van der Waals surface area contributed by atoms with Crippen molar-refractivity contribution in [2.45, 2.75) is 92.0 Å². The van der Waals surface area contributed by atoms with Crippen molar-refractivity contribution in [3.63, 3.8) is 0 Å². The van der Waals surface area contributed by atoms with Gasteiger partial charge in [-0.3, -0.25) is 14.5 Å². The Morgan fingerprint density at radius 3 is 2.16 bits per heavy atom. The van der Waals surface area contributed by atoms with Crippen LogP contribution in [0.2, 0.25) is 0 Å². The zero-order valence-electron chi connectivity index (χ0n) is 20.9. The maximum Gasteiger partial charge on any atom is 0.333 e. The Kier molecular flexibility index (Phi) is 10.7. The molecular weight excluding hydrogens is 394 g/mol. The number of carbonyl (C=O) groups is 3. The minimum absolute atomic E-state index is 0.0587. The Morgan fingerprint density at radius 1 is 1.06 bits per heavy atom. The highest BCUT2D eigenvalue weighted by Crippen LogP contribution is 2.19. The van der Waals surface area contributed by atoms with Gasteiger partial charge >= 0.3 is 5.97 Å². The van der Waals surface area contributed by atoms with E-state index in [4.69, 9.17) is 4.74 Å². The maximum atomic E-state index is 13.4. The first kappa shape index (κ1) is 27.1. The summed E-state index contributed by atoms with van der Waals surface area (Å²) in [5, 5.41) is 3.01. The van der Waals surface area contributed by atoms with Gasteiger partial charge in [0.15, 0.2) is 0 Å². The normalized spacial score (nSPS) is 20.0. The van der Waals surface area contributed by atoms with Gasteiger partial charge in [0.05, 0.1) is 18.2 Å². The van der Waals surface area contributed by atoms with Crippen molar-refractivity contribution >= 4 is 17.8 Å². The number of piperidine rings is 1. The van der Waals surface area contributed by atoms with Gasteiger partial charge in [0.1, 0.15) is 6.04 Å². The molecule has 31 heavy (non-hydrogen) atoms. The van der Waals surface area contributed by atoms with Crippen molar-refractivity contribution in [3.8, 4) is 0 Å². The first-order valence-electron chi connectivity index (χ1n) is 11.5. The monoisotopic (exact) mass is 437 g/mol. The van der Waals surface area contributed by atoms with Gasteiger partial charge in [-0.2, -0.15) is 0 Å². The Hall–Kier alpha value is -1.89. The molecule has 0 saturated carbocycles. The van der Waals surface area contributed by atoms with Crippen molar-refractivity contribution < 1.29 is 19.1 Å². The molecule has 0 aliphatic carbocycles. The van der Waals surface area contributed by atoms with E-state index in [1.807, 2.05) is 34.7 Å². The molecule has 1 fully saturated rings. The molecule has 1 saturated heterocycles. The van der Waals surface area contributed by atoms with E-state index >= 15 is 0 Å². The number of nitrogens with zero attached hydrogens (tertiary/aromatic N) is 2. The highest BCUT2D eigenvalue weighted by molar-refractivity contribution is 5.91. The lowest BCUT2D eigenvalue weighted by molar-refractivity contribution is -0.143. The van der Waals surface area contributed by atoms with Crippen LogP contribution in [0.15, 0.2) is 11.6 Å². The Labute approximate surface area is 188 Å². The third kappa shape index (κ3) is 7.95. The fourth-order valence-electron chi connectivity index (χ4n) is 3.92. The lowest BCUT2D eigenvalue weighted by Gasteiger charge is -2.36. The molecule has 3 atom stereocenters. The molecule has 7 heteroatoms. The number of carbonyl (C=O) groups excluding carboxylic acids is 3. The van der Waals surface area contributed by atoms with Crippen LogP contribution in [0.1, 0.15) is 67.7 Å². The highest BCUT2D eigenvalue weighted by Gasteiger charge is 2.34. The molecule has 0 bridgehead atoms. The van der Waals surface area contributed by atoms with E-state index in [9.17, 15) is 14.4 Å². The number of rotatable bonds is 9. The molecule has 0 spiro atoms. The van der Waals surface area contributed by atoms with Crippen LogP contribution in [-0.4, -0.2) is 72.5 Å². The number of hydrogen-bond acceptors (Lipinski definition) is 5. The average Bonchev–Trinajstić information content (AvgIpc) is 2.68. The SMILES string of the molecule is CC(=C[C@H](C(C)C)N(C)C(=O)[C@@H](NC(=O)C1CCCCN1C)C(C)C)C(=O)OC(C)C. The molecule has 1 aliphatic rings. The summed E-state index contributed by atoms with van der Waals surface area (Å²) in [6.45, 7) is 14.1. The second kappa shape index (κ2) is 12.2. The number of amides is 2. The lowest BCUT2D eigenvalue weighted by Crippen LogP contribution is -2.57. The summed E-state index contributed by atoms with van der Waals surface area (Å²) in [7, 11) is 3.69. The third-order valence-electron chi connectivity index (χ3n) is 5.87. The molecule has 1 aliphatic heterocycles. The molecule has 7 nitrogen and oxygen atoms in total. The average molecular weight is 438 g/mol. The van der Waals surface area contributed by atoms with Crippen LogP contribution in [0.25, 0.3) is 0 Å². The summed E-state index contributed by atoms with van der Waals surface area (Å²) < 4.78 is 5.28. The molecule has 178 valence electrons. The van der Waals surface area contributed by atoms with Crippen molar-refractivity contribution in [2.24, 2.45) is 11.8 Å². The number of likely N-dealkylation sites (N-methyl/N-ethyl adjacent to an activating group) is 2. The van der Waals surface area contributed by atoms with Gasteiger partial charge in [-0.05, 0) is 59.0 Å². The van der Waals surface area contributed by atoms with E-state index in [-0.39, 0.29) is 47.8 Å². The second-order valence-corrected chi connectivity index (χ2v) is 9.71. The summed E-state index contributed by atoms with van der Waals surface area (Å²) in [5.41, 5.74) is 0.473. The molecule has 0 aromatic heterocycles. The van der Waals surface area contributed by atoms with Gasteiger partial charge in [0.25, 0.3) is 0 Å². The quantitative estimate of drug-likeness (QED) is 0.443. The largest absolute Gasteiger partial charge is 0.460 e. The van der Waals surface area contributed by atoms with Crippen LogP contribution in [0.4, 0.5) is 0 Å². The second-order valence-electron chi connectivity index (χ2n) is 9.71.